The van der Waals surface area contributed by atoms with Gasteiger partial charge in [-0.15, -0.1) is 0 Å². The van der Waals surface area contributed by atoms with Gasteiger partial charge in [-0.1, -0.05) is 150 Å². The van der Waals surface area contributed by atoms with Crippen LogP contribution in [0.5, 0.6) is 0 Å². The van der Waals surface area contributed by atoms with Crippen molar-refractivity contribution < 1.29 is 0 Å². The normalized spacial score (nSPS) is 14.5. The van der Waals surface area contributed by atoms with Crippen LogP contribution < -0.4 is 31.1 Å². The fourth-order valence-electron chi connectivity index (χ4n) is 10.8. The van der Waals surface area contributed by atoms with E-state index in [1.807, 2.05) is 0 Å². The number of hydrogen-bond donors (Lipinski definition) is 0. The first-order valence-corrected chi connectivity index (χ1v) is 22.6. The van der Waals surface area contributed by atoms with Crippen molar-refractivity contribution in [3.05, 3.63) is 204 Å². The lowest BCUT2D eigenvalue weighted by molar-refractivity contribution is 0.392. The maximum Gasteiger partial charge on any atom is 0.252 e. The van der Waals surface area contributed by atoms with Crippen molar-refractivity contribution in [3.8, 4) is 11.1 Å². The molecule has 8 aromatic rings. The van der Waals surface area contributed by atoms with Gasteiger partial charge in [0.1, 0.15) is 0 Å². The van der Waals surface area contributed by atoms with E-state index < -0.39 is 0 Å². The molecule has 0 bridgehead atoms. The maximum atomic E-state index is 2.61. The third-order valence-corrected chi connectivity index (χ3v) is 13.8. The monoisotopic (exact) mass is 815 g/mol. The molecule has 11 rings (SSSR count). The molecule has 0 radical (unpaired) electrons. The van der Waals surface area contributed by atoms with Crippen LogP contribution in [0.1, 0.15) is 62.4 Å². The average molecular weight is 816 g/mol. The van der Waals surface area contributed by atoms with Gasteiger partial charge in [-0.2, -0.15) is 0 Å². The first kappa shape index (κ1) is 39.1. The summed E-state index contributed by atoms with van der Waals surface area (Å²) < 4.78 is 0. The molecule has 0 spiro atoms. The average Bonchev–Trinajstić information content (AvgIpc) is 3.59. The number of anilines is 9. The Labute approximate surface area is 374 Å². The standard InChI is InChI=1S/C59H54BN3/c1-39-18-14-16-24-51(39)62-53-31-28-42(41-26-29-45(30-27-41)58(3,4)5)32-49(53)60-50-33-43-37-59(6,7)38-44(43)34-54(50)63(52-25-17-15-19-40(52)2)56-36-48(35-55(62)57(56)60)61(46-20-10-8-11-21-46)47-22-12-9-13-23-47/h8-36H,37-38H2,1-7H3. The van der Waals surface area contributed by atoms with Gasteiger partial charge in [0.2, 0.25) is 0 Å². The molecule has 2 heterocycles. The summed E-state index contributed by atoms with van der Waals surface area (Å²) in [6.07, 6.45) is 2.15. The van der Waals surface area contributed by atoms with Crippen molar-refractivity contribution in [1.29, 1.82) is 0 Å². The first-order valence-electron chi connectivity index (χ1n) is 22.6. The molecule has 0 fully saturated rings. The maximum absolute atomic E-state index is 2.61. The van der Waals surface area contributed by atoms with Crippen molar-refractivity contribution in [2.75, 3.05) is 14.7 Å². The van der Waals surface area contributed by atoms with E-state index in [4.69, 9.17) is 0 Å². The fourth-order valence-corrected chi connectivity index (χ4v) is 10.8. The first-order chi connectivity index (χ1) is 30.4. The second-order valence-corrected chi connectivity index (χ2v) is 19.9. The highest BCUT2D eigenvalue weighted by molar-refractivity contribution is 7.00. The summed E-state index contributed by atoms with van der Waals surface area (Å²) in [4.78, 5) is 7.61. The number of hydrogen-bond acceptors (Lipinski definition) is 3. The highest BCUT2D eigenvalue weighted by Gasteiger charge is 2.45. The molecular formula is C59H54BN3. The summed E-state index contributed by atoms with van der Waals surface area (Å²) in [6, 6.07) is 66.2. The predicted octanol–water partition coefficient (Wildman–Crippen LogP) is 13.9. The second-order valence-electron chi connectivity index (χ2n) is 19.9. The summed E-state index contributed by atoms with van der Waals surface area (Å²) in [5, 5.41) is 0. The molecule has 0 atom stereocenters. The topological polar surface area (TPSA) is 9.72 Å². The minimum Gasteiger partial charge on any atom is -0.311 e. The smallest absolute Gasteiger partial charge is 0.252 e. The Morgan fingerprint density at radius 1 is 0.460 bits per heavy atom. The molecule has 3 aliphatic rings. The lowest BCUT2D eigenvalue weighted by Crippen LogP contribution is -2.61. The van der Waals surface area contributed by atoms with Crippen molar-refractivity contribution in [3.63, 3.8) is 0 Å². The van der Waals surface area contributed by atoms with E-state index in [2.05, 4.69) is 239 Å². The van der Waals surface area contributed by atoms with E-state index in [1.165, 1.54) is 89.5 Å². The third kappa shape index (κ3) is 6.58. The molecule has 0 saturated heterocycles. The van der Waals surface area contributed by atoms with E-state index in [0.717, 1.165) is 29.9 Å². The van der Waals surface area contributed by atoms with Crippen molar-refractivity contribution in [2.45, 2.75) is 66.7 Å². The van der Waals surface area contributed by atoms with E-state index in [0.29, 0.717) is 0 Å². The van der Waals surface area contributed by atoms with Gasteiger partial charge in [-0.05, 0) is 154 Å². The minimum absolute atomic E-state index is 0.000650. The summed E-state index contributed by atoms with van der Waals surface area (Å²) in [6.45, 7) is 16.2. The zero-order valence-electron chi connectivity index (χ0n) is 37.6. The van der Waals surface area contributed by atoms with Crippen LogP contribution in [0.25, 0.3) is 11.1 Å². The number of aryl methyl sites for hydroxylation is 2. The van der Waals surface area contributed by atoms with E-state index in [9.17, 15) is 0 Å². The Kier molecular flexibility index (Phi) is 9.10. The van der Waals surface area contributed by atoms with Crippen LogP contribution >= 0.6 is 0 Å². The summed E-state index contributed by atoms with van der Waals surface area (Å²) in [7, 11) is 0. The summed E-state index contributed by atoms with van der Waals surface area (Å²) >= 11 is 0. The molecule has 1 aliphatic carbocycles. The SMILES string of the molecule is Cc1ccccc1N1c2ccc(-c3ccc(C(C)(C)C)cc3)cc2B2c3cc4c(cc3N(c3ccccc3C)c3cc(N(c5ccccc5)c5ccccc5)cc1c32)CC(C)(C)C4. The zero-order valence-corrected chi connectivity index (χ0v) is 37.6. The van der Waals surface area contributed by atoms with Crippen molar-refractivity contribution >= 4 is 74.3 Å². The number of rotatable bonds is 6. The van der Waals surface area contributed by atoms with Gasteiger partial charge in [-0.25, -0.2) is 0 Å². The Bertz CT molecular complexity index is 3010. The molecule has 0 aromatic heterocycles. The molecule has 0 amide bonds. The molecule has 308 valence electrons. The third-order valence-electron chi connectivity index (χ3n) is 13.8. The van der Waals surface area contributed by atoms with Crippen LogP contribution in [-0.4, -0.2) is 6.71 Å². The number of nitrogens with zero attached hydrogens (tertiary/aromatic N) is 3. The van der Waals surface area contributed by atoms with Gasteiger partial charge in [0, 0.05) is 45.5 Å². The van der Waals surface area contributed by atoms with E-state index >= 15 is 0 Å². The van der Waals surface area contributed by atoms with Gasteiger partial charge >= 0.3 is 0 Å². The summed E-state index contributed by atoms with van der Waals surface area (Å²) in [5.74, 6) is 0. The molecule has 4 heteroatoms. The van der Waals surface area contributed by atoms with Crippen LogP contribution in [0, 0.1) is 19.3 Å². The van der Waals surface area contributed by atoms with Crippen LogP contribution in [0.2, 0.25) is 0 Å². The number of para-hydroxylation sites is 4. The van der Waals surface area contributed by atoms with Crippen molar-refractivity contribution in [1.82, 2.24) is 0 Å². The van der Waals surface area contributed by atoms with E-state index in [-0.39, 0.29) is 17.5 Å². The molecule has 0 N–H and O–H groups in total. The van der Waals surface area contributed by atoms with Gasteiger partial charge in [-0.3, -0.25) is 0 Å². The molecule has 8 aromatic carbocycles. The zero-order chi connectivity index (χ0) is 43.2. The Balaban J connectivity index is 1.26. The molecular weight excluding hydrogens is 761 g/mol. The molecule has 63 heavy (non-hydrogen) atoms. The Morgan fingerprint density at radius 2 is 0.952 bits per heavy atom. The lowest BCUT2D eigenvalue weighted by Gasteiger charge is -2.45. The molecule has 2 aliphatic heterocycles. The van der Waals surface area contributed by atoms with Gasteiger partial charge in [0.15, 0.2) is 0 Å². The van der Waals surface area contributed by atoms with Crippen LogP contribution in [0.3, 0.4) is 0 Å². The quantitative estimate of drug-likeness (QED) is 0.155. The fraction of sp³-hybridized carbons (Fsp3) is 0.186. The highest BCUT2D eigenvalue weighted by Crippen LogP contribution is 2.50. The molecule has 3 nitrogen and oxygen atoms in total. The predicted molar refractivity (Wildman–Crippen MR) is 270 cm³/mol. The Hall–Kier alpha value is -6.78. The lowest BCUT2D eigenvalue weighted by atomic mass is 9.33. The van der Waals surface area contributed by atoms with Crippen LogP contribution in [0.15, 0.2) is 176 Å². The molecule has 0 saturated carbocycles. The van der Waals surface area contributed by atoms with Crippen LogP contribution in [0.4, 0.5) is 51.2 Å². The minimum atomic E-state index is -0.000650. The van der Waals surface area contributed by atoms with Crippen LogP contribution in [-0.2, 0) is 18.3 Å². The number of benzene rings is 8. The second kappa shape index (κ2) is 14.7. The largest absolute Gasteiger partial charge is 0.311 e. The van der Waals surface area contributed by atoms with Gasteiger partial charge < -0.3 is 14.7 Å². The number of fused-ring (bicyclic) bond motifs is 5. The summed E-state index contributed by atoms with van der Waals surface area (Å²) in [5.41, 5.74) is 24.3. The molecule has 0 unspecified atom stereocenters. The highest BCUT2D eigenvalue weighted by atomic mass is 15.2. The van der Waals surface area contributed by atoms with Gasteiger partial charge in [0.05, 0.1) is 5.69 Å². The van der Waals surface area contributed by atoms with Crippen molar-refractivity contribution in [2.24, 2.45) is 5.41 Å². The van der Waals surface area contributed by atoms with Gasteiger partial charge in [0.25, 0.3) is 6.71 Å². The Morgan fingerprint density at radius 3 is 1.51 bits per heavy atom. The van der Waals surface area contributed by atoms with E-state index in [1.54, 1.807) is 0 Å².